The van der Waals surface area contributed by atoms with Crippen LogP contribution in [0.25, 0.3) is 0 Å². The van der Waals surface area contributed by atoms with Crippen molar-refractivity contribution in [2.75, 3.05) is 23.4 Å². The fourth-order valence-electron chi connectivity index (χ4n) is 2.28. The molecular formula is C18H18FN3O4. The van der Waals surface area contributed by atoms with Crippen LogP contribution in [0.5, 0.6) is 0 Å². The number of nitrogens with zero attached hydrogens (tertiary/aromatic N) is 1. The van der Waals surface area contributed by atoms with Crippen molar-refractivity contribution in [1.82, 2.24) is 0 Å². The summed E-state index contributed by atoms with van der Waals surface area (Å²) in [5.41, 5.74) is 6.02. The van der Waals surface area contributed by atoms with E-state index in [4.69, 9.17) is 10.5 Å². The topological polar surface area (TPSA) is 102 Å². The molecular weight excluding hydrogens is 341 g/mol. The second-order valence-corrected chi connectivity index (χ2v) is 5.26. The van der Waals surface area contributed by atoms with Crippen molar-refractivity contribution in [3.8, 4) is 0 Å². The lowest BCUT2D eigenvalue weighted by atomic mass is 10.2. The lowest BCUT2D eigenvalue weighted by Crippen LogP contribution is -2.34. The first-order chi connectivity index (χ1) is 12.4. The molecule has 0 unspecified atom stereocenters. The molecule has 136 valence electrons. The Balaban J connectivity index is 2.00. The summed E-state index contributed by atoms with van der Waals surface area (Å²) in [6, 6.07) is 10.6. The van der Waals surface area contributed by atoms with Gasteiger partial charge in [0.05, 0.1) is 5.56 Å². The first-order valence-electron chi connectivity index (χ1n) is 7.80. The van der Waals surface area contributed by atoms with Crippen molar-refractivity contribution >= 4 is 29.3 Å². The number of carbonyl (C=O) groups is 3. The van der Waals surface area contributed by atoms with Crippen LogP contribution in [0.3, 0.4) is 0 Å². The highest BCUT2D eigenvalue weighted by Gasteiger charge is 2.17. The molecule has 0 radical (unpaired) electrons. The van der Waals surface area contributed by atoms with Crippen LogP contribution in [-0.4, -0.2) is 31.1 Å². The van der Waals surface area contributed by atoms with Gasteiger partial charge in [-0.15, -0.1) is 0 Å². The fourth-order valence-corrected chi connectivity index (χ4v) is 2.28. The second-order valence-electron chi connectivity index (χ2n) is 5.26. The third-order valence-electron chi connectivity index (χ3n) is 3.45. The molecule has 0 heterocycles. The minimum atomic E-state index is -0.761. The molecule has 0 spiro atoms. The molecule has 0 aliphatic rings. The van der Waals surface area contributed by atoms with Crippen LogP contribution in [-0.2, 0) is 9.53 Å². The first kappa shape index (κ1) is 18.9. The van der Waals surface area contributed by atoms with E-state index in [0.29, 0.717) is 17.9 Å². The highest BCUT2D eigenvalue weighted by Crippen LogP contribution is 2.16. The monoisotopic (exact) mass is 359 g/mol. The van der Waals surface area contributed by atoms with Gasteiger partial charge in [0, 0.05) is 17.9 Å². The lowest BCUT2D eigenvalue weighted by Gasteiger charge is -2.20. The molecule has 0 aromatic heterocycles. The van der Waals surface area contributed by atoms with Crippen LogP contribution >= 0.6 is 0 Å². The molecule has 3 N–H and O–H groups in total. The zero-order valence-corrected chi connectivity index (χ0v) is 14.1. The van der Waals surface area contributed by atoms with E-state index in [2.05, 4.69) is 5.32 Å². The standard InChI is InChI=1S/C18H18FN3O4/c1-2-22(15-8-6-13(19)7-9-15)16(23)11-26-17(24)12-4-3-5-14(10-12)21-18(20)25/h3-10H,2,11H2,1H3,(H3,20,21,25). The van der Waals surface area contributed by atoms with E-state index >= 15 is 0 Å². The van der Waals surface area contributed by atoms with E-state index in [0.717, 1.165) is 0 Å². The summed E-state index contributed by atoms with van der Waals surface area (Å²) < 4.78 is 18.0. The third kappa shape index (κ3) is 5.04. The van der Waals surface area contributed by atoms with Gasteiger partial charge in [-0.3, -0.25) is 4.79 Å². The smallest absolute Gasteiger partial charge is 0.338 e. The molecule has 0 bridgehead atoms. The Morgan fingerprint density at radius 1 is 1.15 bits per heavy atom. The number of rotatable bonds is 6. The van der Waals surface area contributed by atoms with Crippen LogP contribution in [0.2, 0.25) is 0 Å². The number of nitrogens with two attached hydrogens (primary N) is 1. The largest absolute Gasteiger partial charge is 0.452 e. The van der Waals surface area contributed by atoms with Crippen molar-refractivity contribution in [3.05, 3.63) is 59.9 Å². The van der Waals surface area contributed by atoms with Gasteiger partial charge in [0.1, 0.15) is 5.82 Å². The first-order valence-corrected chi connectivity index (χ1v) is 7.80. The molecule has 0 atom stereocenters. The van der Waals surface area contributed by atoms with E-state index in [1.165, 1.54) is 41.3 Å². The summed E-state index contributed by atoms with van der Waals surface area (Å²) in [6.07, 6.45) is 0. The number of amides is 3. The van der Waals surface area contributed by atoms with Gasteiger partial charge in [0.25, 0.3) is 5.91 Å². The highest BCUT2D eigenvalue weighted by molar-refractivity contribution is 5.97. The molecule has 7 nitrogen and oxygen atoms in total. The number of ether oxygens (including phenoxy) is 1. The molecule has 8 heteroatoms. The Labute approximate surface area is 149 Å². The van der Waals surface area contributed by atoms with Crippen molar-refractivity contribution in [3.63, 3.8) is 0 Å². The van der Waals surface area contributed by atoms with Gasteiger partial charge in [0.15, 0.2) is 6.61 Å². The average Bonchev–Trinajstić information content (AvgIpc) is 2.61. The number of carbonyl (C=O) groups excluding carboxylic acids is 3. The Hall–Kier alpha value is -3.42. The van der Waals surface area contributed by atoms with Crippen molar-refractivity contribution < 1.29 is 23.5 Å². The molecule has 2 rings (SSSR count). The number of nitrogens with one attached hydrogen (secondary N) is 1. The summed E-state index contributed by atoms with van der Waals surface area (Å²) in [4.78, 5) is 36.6. The van der Waals surface area contributed by atoms with E-state index in [-0.39, 0.29) is 5.56 Å². The summed E-state index contributed by atoms with van der Waals surface area (Å²) in [6.45, 7) is 1.61. The highest BCUT2D eigenvalue weighted by atomic mass is 19.1. The van der Waals surface area contributed by atoms with E-state index in [1.54, 1.807) is 19.1 Å². The predicted molar refractivity (Wildman–Crippen MR) is 94.4 cm³/mol. The van der Waals surface area contributed by atoms with Gasteiger partial charge in [-0.2, -0.15) is 0 Å². The fraction of sp³-hybridized carbons (Fsp3) is 0.167. The number of urea groups is 1. The SMILES string of the molecule is CCN(C(=O)COC(=O)c1cccc(NC(N)=O)c1)c1ccc(F)cc1. The van der Waals surface area contributed by atoms with E-state index in [1.807, 2.05) is 0 Å². The van der Waals surface area contributed by atoms with Crippen molar-refractivity contribution in [1.29, 1.82) is 0 Å². The van der Waals surface area contributed by atoms with Crippen LogP contribution in [0.15, 0.2) is 48.5 Å². The van der Waals surface area contributed by atoms with Crippen LogP contribution < -0.4 is 16.0 Å². The number of likely N-dealkylation sites (N-methyl/N-ethyl adjacent to an activating group) is 1. The van der Waals surface area contributed by atoms with Crippen molar-refractivity contribution in [2.45, 2.75) is 6.92 Å². The van der Waals surface area contributed by atoms with Crippen LogP contribution in [0.4, 0.5) is 20.6 Å². The number of hydrogen-bond donors (Lipinski definition) is 2. The summed E-state index contributed by atoms with van der Waals surface area (Å²) in [5.74, 6) is -1.58. The summed E-state index contributed by atoms with van der Waals surface area (Å²) >= 11 is 0. The number of esters is 1. The lowest BCUT2D eigenvalue weighted by molar-refractivity contribution is -0.121. The molecule has 0 saturated carbocycles. The number of benzene rings is 2. The van der Waals surface area contributed by atoms with Crippen LogP contribution in [0, 0.1) is 5.82 Å². The molecule has 0 aliphatic carbocycles. The maximum Gasteiger partial charge on any atom is 0.338 e. The second kappa shape index (κ2) is 8.61. The Morgan fingerprint density at radius 3 is 2.46 bits per heavy atom. The average molecular weight is 359 g/mol. The maximum atomic E-state index is 13.0. The minimum Gasteiger partial charge on any atom is -0.452 e. The van der Waals surface area contributed by atoms with Gasteiger partial charge >= 0.3 is 12.0 Å². The summed E-state index contributed by atoms with van der Waals surface area (Å²) in [5, 5.41) is 2.34. The zero-order valence-electron chi connectivity index (χ0n) is 14.1. The molecule has 2 aromatic rings. The molecule has 2 aromatic carbocycles. The maximum absolute atomic E-state index is 13.0. The van der Waals surface area contributed by atoms with E-state index in [9.17, 15) is 18.8 Å². The van der Waals surface area contributed by atoms with Gasteiger partial charge in [-0.25, -0.2) is 14.0 Å². The van der Waals surface area contributed by atoms with Gasteiger partial charge in [0.2, 0.25) is 0 Å². The summed E-state index contributed by atoms with van der Waals surface area (Å²) in [7, 11) is 0. The molecule has 0 saturated heterocycles. The molecule has 3 amide bonds. The Bertz CT molecular complexity index is 808. The molecule has 0 aliphatic heterocycles. The molecule has 0 fully saturated rings. The van der Waals surface area contributed by atoms with Gasteiger partial charge < -0.3 is 20.7 Å². The Kier molecular flexibility index (Phi) is 6.26. The number of primary amides is 1. The van der Waals surface area contributed by atoms with Gasteiger partial charge in [-0.1, -0.05) is 6.07 Å². The number of halogens is 1. The van der Waals surface area contributed by atoms with Gasteiger partial charge in [-0.05, 0) is 49.4 Å². The third-order valence-corrected chi connectivity index (χ3v) is 3.45. The number of hydrogen-bond acceptors (Lipinski definition) is 4. The predicted octanol–water partition coefficient (Wildman–Crippen LogP) is 2.53. The normalized spacial score (nSPS) is 10.1. The van der Waals surface area contributed by atoms with Crippen LogP contribution in [0.1, 0.15) is 17.3 Å². The Morgan fingerprint density at radius 2 is 1.85 bits per heavy atom. The van der Waals surface area contributed by atoms with E-state index < -0.39 is 30.3 Å². The minimum absolute atomic E-state index is 0.161. The quantitative estimate of drug-likeness (QED) is 0.774. The zero-order chi connectivity index (χ0) is 19.1. The number of anilines is 2. The van der Waals surface area contributed by atoms with Crippen molar-refractivity contribution in [2.24, 2.45) is 5.73 Å². The molecule has 26 heavy (non-hydrogen) atoms.